The third-order valence-electron chi connectivity index (χ3n) is 3.89. The zero-order valence-corrected chi connectivity index (χ0v) is 13.2. The van der Waals surface area contributed by atoms with Crippen LogP contribution in [0.1, 0.15) is 40.9 Å². The highest BCUT2D eigenvalue weighted by Gasteiger charge is 2.33. The Balaban J connectivity index is 1.79. The van der Waals surface area contributed by atoms with E-state index in [1.54, 1.807) is 12.1 Å². The van der Waals surface area contributed by atoms with Crippen molar-refractivity contribution in [3.8, 4) is 5.75 Å². The molecular formula is C16H21N5O2. The van der Waals surface area contributed by atoms with Crippen molar-refractivity contribution in [2.24, 2.45) is 5.73 Å². The lowest BCUT2D eigenvalue weighted by Gasteiger charge is -2.22. The van der Waals surface area contributed by atoms with Crippen LogP contribution >= 0.6 is 0 Å². The molecule has 0 unspecified atom stereocenters. The fraction of sp³-hybridized carbons (Fsp3) is 0.438. The largest absolute Gasteiger partial charge is 0.492 e. The van der Waals surface area contributed by atoms with Crippen LogP contribution in [0.25, 0.3) is 0 Å². The van der Waals surface area contributed by atoms with Crippen molar-refractivity contribution in [3.05, 3.63) is 41.5 Å². The number of hydrogen-bond acceptors (Lipinski definition) is 5. The summed E-state index contributed by atoms with van der Waals surface area (Å²) in [5, 5.41) is 7.06. The van der Waals surface area contributed by atoms with Crippen LogP contribution in [0.2, 0.25) is 0 Å². The molecule has 1 aromatic carbocycles. The van der Waals surface area contributed by atoms with E-state index in [2.05, 4.69) is 15.2 Å². The summed E-state index contributed by atoms with van der Waals surface area (Å²) < 4.78 is 5.50. The van der Waals surface area contributed by atoms with Crippen molar-refractivity contribution in [2.45, 2.75) is 25.8 Å². The number of H-pyrrole nitrogens is 1. The number of ether oxygens (including phenoxy) is 1. The molecule has 1 saturated heterocycles. The summed E-state index contributed by atoms with van der Waals surface area (Å²) >= 11 is 0. The van der Waals surface area contributed by atoms with Crippen molar-refractivity contribution in [1.29, 1.82) is 0 Å². The van der Waals surface area contributed by atoms with E-state index in [0.717, 1.165) is 18.7 Å². The Bertz CT molecular complexity index is 685. The Labute approximate surface area is 134 Å². The van der Waals surface area contributed by atoms with Gasteiger partial charge in [-0.25, -0.2) is 4.98 Å². The van der Waals surface area contributed by atoms with Crippen LogP contribution in [0.4, 0.5) is 0 Å². The second-order valence-corrected chi connectivity index (χ2v) is 5.60. The van der Waals surface area contributed by atoms with E-state index in [0.29, 0.717) is 36.8 Å². The number of carbonyl (C=O) groups is 1. The van der Waals surface area contributed by atoms with Gasteiger partial charge in [-0.2, -0.15) is 5.10 Å². The first kappa shape index (κ1) is 15.5. The molecule has 0 radical (unpaired) electrons. The van der Waals surface area contributed by atoms with Gasteiger partial charge in [0.1, 0.15) is 18.2 Å². The van der Waals surface area contributed by atoms with Crippen molar-refractivity contribution in [3.63, 3.8) is 0 Å². The molecule has 0 aliphatic carbocycles. The van der Waals surface area contributed by atoms with E-state index in [1.807, 2.05) is 24.0 Å². The summed E-state index contributed by atoms with van der Waals surface area (Å²) in [4.78, 5) is 19.1. The summed E-state index contributed by atoms with van der Waals surface area (Å²) in [5.74, 6) is 2.08. The van der Waals surface area contributed by atoms with Gasteiger partial charge in [0.15, 0.2) is 5.82 Å². The molecule has 2 aromatic rings. The molecule has 7 nitrogen and oxygen atoms in total. The number of hydrogen-bond donors (Lipinski definition) is 2. The predicted octanol–water partition coefficient (Wildman–Crippen LogP) is 1.43. The Morgan fingerprint density at radius 1 is 1.52 bits per heavy atom. The maximum atomic E-state index is 12.8. The zero-order valence-electron chi connectivity index (χ0n) is 13.2. The maximum absolute atomic E-state index is 12.8. The lowest BCUT2D eigenvalue weighted by atomic mass is 10.1. The van der Waals surface area contributed by atoms with Crippen LogP contribution in [0, 0.1) is 6.92 Å². The van der Waals surface area contributed by atoms with E-state index in [1.165, 1.54) is 0 Å². The van der Waals surface area contributed by atoms with Gasteiger partial charge in [0.25, 0.3) is 5.91 Å². The van der Waals surface area contributed by atoms with Crippen molar-refractivity contribution in [1.82, 2.24) is 20.1 Å². The van der Waals surface area contributed by atoms with Gasteiger partial charge in [-0.05, 0) is 38.0 Å². The van der Waals surface area contributed by atoms with Gasteiger partial charge in [-0.1, -0.05) is 6.07 Å². The molecule has 0 saturated carbocycles. The standard InChI is InChI=1S/C16H21N5O2/c1-11-18-15(20-19-11)14-6-3-8-21(14)16(22)12-4-2-5-13(10-12)23-9-7-17/h2,4-5,10,14H,3,6-9,17H2,1H3,(H,18,19,20)/t14-/m1/s1. The topological polar surface area (TPSA) is 97.1 Å². The number of likely N-dealkylation sites (tertiary alicyclic amines) is 1. The summed E-state index contributed by atoms with van der Waals surface area (Å²) in [5.41, 5.74) is 6.05. The molecule has 0 spiro atoms. The number of amides is 1. The molecule has 1 amide bonds. The SMILES string of the molecule is Cc1nc([C@H]2CCCN2C(=O)c2cccc(OCCN)c2)n[nH]1. The fourth-order valence-electron chi connectivity index (χ4n) is 2.85. The van der Waals surface area contributed by atoms with E-state index < -0.39 is 0 Å². The molecule has 1 aromatic heterocycles. The molecule has 23 heavy (non-hydrogen) atoms. The van der Waals surface area contributed by atoms with Crippen LogP contribution in [-0.2, 0) is 0 Å². The zero-order chi connectivity index (χ0) is 16.2. The smallest absolute Gasteiger partial charge is 0.254 e. The van der Waals surface area contributed by atoms with E-state index >= 15 is 0 Å². The van der Waals surface area contributed by atoms with Crippen molar-refractivity contribution < 1.29 is 9.53 Å². The Hall–Kier alpha value is -2.41. The third-order valence-corrected chi connectivity index (χ3v) is 3.89. The summed E-state index contributed by atoms with van der Waals surface area (Å²) in [7, 11) is 0. The molecule has 1 aliphatic rings. The van der Waals surface area contributed by atoms with E-state index in [-0.39, 0.29) is 11.9 Å². The average molecular weight is 315 g/mol. The van der Waals surface area contributed by atoms with E-state index in [9.17, 15) is 4.79 Å². The van der Waals surface area contributed by atoms with Crippen LogP contribution < -0.4 is 10.5 Å². The summed E-state index contributed by atoms with van der Waals surface area (Å²) in [6.45, 7) is 3.44. The molecule has 2 heterocycles. The van der Waals surface area contributed by atoms with Gasteiger partial charge < -0.3 is 15.4 Å². The molecule has 3 N–H and O–H groups in total. The average Bonchev–Trinajstić information content (AvgIpc) is 3.21. The van der Waals surface area contributed by atoms with Gasteiger partial charge in [0.2, 0.25) is 0 Å². The number of rotatable bonds is 5. The number of aryl methyl sites for hydroxylation is 1. The Morgan fingerprint density at radius 2 is 2.39 bits per heavy atom. The molecule has 122 valence electrons. The number of nitrogens with one attached hydrogen (secondary N) is 1. The Morgan fingerprint density at radius 3 is 3.13 bits per heavy atom. The number of aromatic nitrogens is 3. The quantitative estimate of drug-likeness (QED) is 0.870. The maximum Gasteiger partial charge on any atom is 0.254 e. The van der Waals surface area contributed by atoms with Gasteiger partial charge in [0.05, 0.1) is 6.04 Å². The summed E-state index contributed by atoms with van der Waals surface area (Å²) in [6.07, 6.45) is 1.83. The third kappa shape index (κ3) is 3.34. The lowest BCUT2D eigenvalue weighted by Crippen LogP contribution is -2.31. The molecule has 1 aliphatic heterocycles. The minimum atomic E-state index is -0.0685. The first-order chi connectivity index (χ1) is 11.2. The molecule has 1 atom stereocenters. The number of benzene rings is 1. The predicted molar refractivity (Wildman–Crippen MR) is 85.1 cm³/mol. The number of nitrogens with two attached hydrogens (primary N) is 1. The van der Waals surface area contributed by atoms with E-state index in [4.69, 9.17) is 10.5 Å². The normalized spacial score (nSPS) is 17.5. The van der Waals surface area contributed by atoms with Gasteiger partial charge in [-0.3, -0.25) is 9.89 Å². The van der Waals surface area contributed by atoms with Crippen LogP contribution in [0.15, 0.2) is 24.3 Å². The van der Waals surface area contributed by atoms with Crippen LogP contribution in [-0.4, -0.2) is 45.7 Å². The highest BCUT2D eigenvalue weighted by molar-refractivity contribution is 5.95. The molecule has 0 bridgehead atoms. The van der Waals surface area contributed by atoms with Crippen LogP contribution in [0.5, 0.6) is 5.75 Å². The lowest BCUT2D eigenvalue weighted by molar-refractivity contribution is 0.0729. The second kappa shape index (κ2) is 6.78. The minimum absolute atomic E-state index is 0.0202. The van der Waals surface area contributed by atoms with Gasteiger partial charge >= 0.3 is 0 Å². The summed E-state index contributed by atoms with van der Waals surface area (Å²) in [6, 6.07) is 7.14. The first-order valence-corrected chi connectivity index (χ1v) is 7.82. The van der Waals surface area contributed by atoms with Crippen molar-refractivity contribution >= 4 is 5.91 Å². The molecule has 3 rings (SSSR count). The Kier molecular flexibility index (Phi) is 4.57. The van der Waals surface area contributed by atoms with Gasteiger partial charge in [-0.15, -0.1) is 0 Å². The van der Waals surface area contributed by atoms with Crippen molar-refractivity contribution in [2.75, 3.05) is 19.7 Å². The van der Waals surface area contributed by atoms with Crippen LogP contribution in [0.3, 0.4) is 0 Å². The molecular weight excluding hydrogens is 294 g/mol. The monoisotopic (exact) mass is 315 g/mol. The minimum Gasteiger partial charge on any atom is -0.492 e. The number of carbonyl (C=O) groups excluding carboxylic acids is 1. The van der Waals surface area contributed by atoms with Gasteiger partial charge in [0, 0.05) is 18.7 Å². The highest BCUT2D eigenvalue weighted by Crippen LogP contribution is 2.31. The first-order valence-electron chi connectivity index (χ1n) is 7.82. The molecule has 7 heteroatoms. The second-order valence-electron chi connectivity index (χ2n) is 5.60. The molecule has 1 fully saturated rings. The fourth-order valence-corrected chi connectivity index (χ4v) is 2.85. The highest BCUT2D eigenvalue weighted by atomic mass is 16.5. The number of nitrogens with zero attached hydrogens (tertiary/aromatic N) is 3. The number of aromatic amines is 1.